The number of pyridine rings is 1. The van der Waals surface area contributed by atoms with Crippen molar-refractivity contribution in [3.63, 3.8) is 0 Å². The quantitative estimate of drug-likeness (QED) is 0.164. The van der Waals surface area contributed by atoms with Gasteiger partial charge in [0.25, 0.3) is 5.56 Å². The summed E-state index contributed by atoms with van der Waals surface area (Å²) in [7, 11) is 0. The number of rotatable bonds is 6. The lowest BCUT2D eigenvalue weighted by molar-refractivity contribution is 0.502. The largest absolute Gasteiger partial charge is 0.316 e. The van der Waals surface area contributed by atoms with Gasteiger partial charge in [0.1, 0.15) is 5.54 Å². The van der Waals surface area contributed by atoms with E-state index in [9.17, 15) is 4.79 Å². The van der Waals surface area contributed by atoms with Gasteiger partial charge < -0.3 is 9.13 Å². The SMILES string of the molecule is Cc1c(Cn2ccc3ccc4ccccc4c3c2=O)ncn1C(c1ccccc1)(c1ccccc1)c1ccccc1. The topological polar surface area (TPSA) is 39.8 Å². The third kappa shape index (κ3) is 3.99. The van der Waals surface area contributed by atoms with E-state index in [2.05, 4.69) is 90.4 Å². The van der Waals surface area contributed by atoms with Gasteiger partial charge in [-0.25, -0.2) is 4.98 Å². The van der Waals surface area contributed by atoms with Gasteiger partial charge in [-0.05, 0) is 45.8 Å². The molecule has 0 aliphatic carbocycles. The predicted octanol–water partition coefficient (Wildman–Crippen LogP) is 7.55. The molecule has 0 aliphatic rings. The fraction of sp³-hybridized carbons (Fsp3) is 0.0811. The number of nitrogens with zero attached hydrogens (tertiary/aromatic N) is 3. The van der Waals surface area contributed by atoms with Gasteiger partial charge in [-0.1, -0.05) is 127 Å². The van der Waals surface area contributed by atoms with E-state index in [0.717, 1.165) is 49.6 Å². The van der Waals surface area contributed by atoms with E-state index in [4.69, 9.17) is 4.98 Å². The van der Waals surface area contributed by atoms with Crippen LogP contribution in [0.25, 0.3) is 21.5 Å². The molecule has 0 radical (unpaired) electrons. The van der Waals surface area contributed by atoms with E-state index in [0.29, 0.717) is 6.54 Å². The fourth-order valence-corrected chi connectivity index (χ4v) is 6.23. The van der Waals surface area contributed by atoms with Gasteiger partial charge in [0, 0.05) is 11.9 Å². The van der Waals surface area contributed by atoms with Crippen LogP contribution in [0.2, 0.25) is 0 Å². The van der Waals surface area contributed by atoms with E-state index in [-0.39, 0.29) is 5.56 Å². The molecule has 2 aromatic heterocycles. The molecule has 2 heterocycles. The molecule has 198 valence electrons. The molecular weight excluding hydrogens is 502 g/mol. The number of imidazole rings is 1. The van der Waals surface area contributed by atoms with Gasteiger partial charge in [-0.3, -0.25) is 4.79 Å². The van der Waals surface area contributed by atoms with Crippen LogP contribution in [-0.2, 0) is 12.1 Å². The van der Waals surface area contributed by atoms with Crippen molar-refractivity contribution in [2.75, 3.05) is 0 Å². The van der Waals surface area contributed by atoms with Crippen molar-refractivity contribution in [3.05, 3.63) is 184 Å². The first-order valence-electron chi connectivity index (χ1n) is 13.9. The number of fused-ring (bicyclic) bond motifs is 3. The van der Waals surface area contributed by atoms with Crippen molar-refractivity contribution in [3.8, 4) is 0 Å². The Morgan fingerprint density at radius 2 is 1.17 bits per heavy atom. The second kappa shape index (κ2) is 10.1. The summed E-state index contributed by atoms with van der Waals surface area (Å²) in [4.78, 5) is 18.8. The smallest absolute Gasteiger partial charge is 0.259 e. The van der Waals surface area contributed by atoms with Crippen LogP contribution < -0.4 is 5.56 Å². The first-order valence-corrected chi connectivity index (χ1v) is 13.9. The van der Waals surface area contributed by atoms with Crippen LogP contribution in [0.5, 0.6) is 0 Å². The number of hydrogen-bond donors (Lipinski definition) is 0. The normalized spacial score (nSPS) is 11.7. The first-order chi connectivity index (χ1) is 20.2. The molecule has 0 saturated carbocycles. The lowest BCUT2D eigenvalue weighted by atomic mass is 9.76. The minimum absolute atomic E-state index is 0.00584. The Morgan fingerprint density at radius 3 is 1.78 bits per heavy atom. The van der Waals surface area contributed by atoms with Crippen LogP contribution >= 0.6 is 0 Å². The van der Waals surface area contributed by atoms with Gasteiger partial charge in [-0.15, -0.1) is 0 Å². The Balaban J connectivity index is 1.43. The molecule has 0 N–H and O–H groups in total. The summed E-state index contributed by atoms with van der Waals surface area (Å²) >= 11 is 0. The zero-order valence-corrected chi connectivity index (χ0v) is 22.8. The molecule has 7 rings (SSSR count). The third-order valence-corrected chi connectivity index (χ3v) is 8.23. The van der Waals surface area contributed by atoms with E-state index >= 15 is 0 Å². The molecule has 41 heavy (non-hydrogen) atoms. The Bertz CT molecular complexity index is 1950. The summed E-state index contributed by atoms with van der Waals surface area (Å²) in [5.41, 5.74) is 4.62. The second-order valence-electron chi connectivity index (χ2n) is 10.5. The van der Waals surface area contributed by atoms with Crippen molar-refractivity contribution in [1.29, 1.82) is 0 Å². The highest BCUT2D eigenvalue weighted by molar-refractivity contribution is 6.06. The molecule has 0 bridgehead atoms. The van der Waals surface area contributed by atoms with Crippen LogP contribution in [0, 0.1) is 6.92 Å². The van der Waals surface area contributed by atoms with Crippen LogP contribution in [0.15, 0.2) is 151 Å². The van der Waals surface area contributed by atoms with E-state index < -0.39 is 5.54 Å². The highest BCUT2D eigenvalue weighted by Crippen LogP contribution is 2.42. The molecule has 0 amide bonds. The third-order valence-electron chi connectivity index (χ3n) is 8.23. The molecule has 7 aromatic rings. The lowest BCUT2D eigenvalue weighted by Gasteiger charge is -2.38. The van der Waals surface area contributed by atoms with Crippen LogP contribution in [0.1, 0.15) is 28.1 Å². The maximum absolute atomic E-state index is 13.9. The van der Waals surface area contributed by atoms with E-state index in [1.807, 2.05) is 67.1 Å². The molecule has 4 nitrogen and oxygen atoms in total. The van der Waals surface area contributed by atoms with Crippen molar-refractivity contribution < 1.29 is 0 Å². The highest BCUT2D eigenvalue weighted by atomic mass is 16.1. The van der Waals surface area contributed by atoms with Crippen LogP contribution in [0.4, 0.5) is 0 Å². The number of hydrogen-bond acceptors (Lipinski definition) is 2. The zero-order chi connectivity index (χ0) is 27.8. The Hall–Kier alpha value is -5.22. The maximum atomic E-state index is 13.9. The van der Waals surface area contributed by atoms with Gasteiger partial charge in [0.15, 0.2) is 0 Å². The van der Waals surface area contributed by atoms with Gasteiger partial charge in [-0.2, -0.15) is 0 Å². The Morgan fingerprint density at radius 1 is 0.634 bits per heavy atom. The molecule has 0 unspecified atom stereocenters. The number of benzene rings is 5. The van der Waals surface area contributed by atoms with Crippen molar-refractivity contribution in [1.82, 2.24) is 14.1 Å². The molecule has 0 saturated heterocycles. The van der Waals surface area contributed by atoms with Crippen molar-refractivity contribution in [2.45, 2.75) is 19.0 Å². The summed E-state index contributed by atoms with van der Waals surface area (Å²) in [5, 5.41) is 3.73. The monoisotopic (exact) mass is 531 g/mol. The average Bonchev–Trinajstić information content (AvgIpc) is 3.40. The minimum Gasteiger partial charge on any atom is -0.316 e. The number of aromatic nitrogens is 3. The first kappa shape index (κ1) is 24.8. The van der Waals surface area contributed by atoms with Crippen LogP contribution in [0.3, 0.4) is 0 Å². The highest BCUT2D eigenvalue weighted by Gasteiger charge is 2.39. The van der Waals surface area contributed by atoms with Crippen molar-refractivity contribution >= 4 is 21.5 Å². The zero-order valence-electron chi connectivity index (χ0n) is 22.8. The van der Waals surface area contributed by atoms with Gasteiger partial charge in [0.05, 0.1) is 24.0 Å². The standard InChI is InChI=1S/C37H29N3O/c1-27-34(25-39-24-23-29-22-21-28-13-11-12-20-33(28)35(29)36(39)41)38-26-40(27)37(30-14-5-2-6-15-30,31-16-7-3-8-17-31)32-18-9-4-10-19-32/h2-24,26H,25H2,1H3. The summed E-state index contributed by atoms with van der Waals surface area (Å²) in [6.07, 6.45) is 3.82. The van der Waals surface area contributed by atoms with Gasteiger partial charge >= 0.3 is 0 Å². The molecule has 0 atom stereocenters. The predicted molar refractivity (Wildman–Crippen MR) is 166 cm³/mol. The summed E-state index contributed by atoms with van der Waals surface area (Å²) in [5.74, 6) is 0. The second-order valence-corrected chi connectivity index (χ2v) is 10.5. The fourth-order valence-electron chi connectivity index (χ4n) is 6.23. The van der Waals surface area contributed by atoms with Crippen LogP contribution in [-0.4, -0.2) is 14.1 Å². The van der Waals surface area contributed by atoms with Gasteiger partial charge in [0.2, 0.25) is 0 Å². The summed E-state index contributed by atoms with van der Waals surface area (Å²) < 4.78 is 4.05. The molecule has 4 heteroatoms. The van der Waals surface area contributed by atoms with Crippen molar-refractivity contribution in [2.24, 2.45) is 0 Å². The maximum Gasteiger partial charge on any atom is 0.259 e. The molecule has 0 aliphatic heterocycles. The Labute approximate surface area is 238 Å². The molecule has 5 aromatic carbocycles. The molecule has 0 fully saturated rings. The van der Waals surface area contributed by atoms with E-state index in [1.54, 1.807) is 4.57 Å². The minimum atomic E-state index is -0.649. The molecular formula is C37H29N3O. The summed E-state index contributed by atoms with van der Waals surface area (Å²) in [6.45, 7) is 2.48. The molecule has 0 spiro atoms. The average molecular weight is 532 g/mol. The summed E-state index contributed by atoms with van der Waals surface area (Å²) in [6, 6.07) is 45.9. The Kier molecular flexibility index (Phi) is 6.09. The lowest BCUT2D eigenvalue weighted by Crippen LogP contribution is -2.38. The van der Waals surface area contributed by atoms with E-state index in [1.165, 1.54) is 0 Å².